The summed E-state index contributed by atoms with van der Waals surface area (Å²) in [5.74, 6) is 0. The summed E-state index contributed by atoms with van der Waals surface area (Å²) in [6.07, 6.45) is 6.66. The Morgan fingerprint density at radius 1 is 0.438 bits per heavy atom. The second-order valence-electron chi connectivity index (χ2n) is 31.0. The maximum atomic E-state index is 9.60. The fourth-order valence-electron chi connectivity index (χ4n) is 15.0. The van der Waals surface area contributed by atoms with Crippen LogP contribution >= 0.6 is 11.3 Å². The van der Waals surface area contributed by atoms with Crippen LogP contribution in [0.2, 0.25) is 0 Å². The van der Waals surface area contributed by atoms with Crippen LogP contribution in [0.15, 0.2) is 127 Å². The van der Waals surface area contributed by atoms with Crippen LogP contribution in [0.5, 0.6) is 0 Å². The van der Waals surface area contributed by atoms with Gasteiger partial charge in [0.15, 0.2) is 0 Å². The normalized spacial score (nSPS) is 20.5. The van der Waals surface area contributed by atoms with Crippen molar-refractivity contribution in [2.45, 2.75) is 206 Å². The van der Waals surface area contributed by atoms with Crippen molar-refractivity contribution >= 4 is 78.0 Å². The smallest absolute Gasteiger partial charge is 0.264 e. The number of thiophene rings is 1. The highest BCUT2D eigenvalue weighted by atomic mass is 32.1. The van der Waals surface area contributed by atoms with E-state index >= 15 is 0 Å². The highest BCUT2D eigenvalue weighted by Gasteiger charge is 2.49. The maximum absolute atomic E-state index is 9.60. The predicted molar refractivity (Wildman–Crippen MR) is 350 cm³/mol. The Kier molecular flexibility index (Phi) is 10.4. The van der Waals surface area contributed by atoms with E-state index in [0.29, 0.717) is 5.56 Å². The first-order chi connectivity index (χ1) is 39.4. The van der Waals surface area contributed by atoms with Gasteiger partial charge in [-0.1, -0.05) is 197 Å². The van der Waals surface area contributed by atoms with E-state index in [-0.39, 0.29) is 79.8 Å². The number of rotatable bonds is 4. The molecule has 8 aromatic rings. The van der Waals surface area contributed by atoms with Gasteiger partial charge in [-0.3, -0.25) is 0 Å². The molecule has 0 unspecified atom stereocenters. The van der Waals surface area contributed by atoms with Gasteiger partial charge >= 0.3 is 0 Å². The van der Waals surface area contributed by atoms with Crippen LogP contribution < -0.4 is 25.5 Å². The molecule has 2 aliphatic heterocycles. The fraction of sp³-hybridized carbons (Fsp3) is 0.421. The SMILES string of the molecule is [2H]c1c([2H])c([2H])c(-c2cc(C(C)(C)C)ccc2-c2cc3c4c(c2)N(c2ccc(C(C)(C)C)cc2)c2c(sc5cc6c(cc25)C(C)(C)CCC6(C)C)B4c2cc4c(cc2N3c2ccc3c(c2)C(C)(C)CCC3(C)C)C(C)(C)CCC4(C)C)c([2H])c1[2H]. The standard InChI is InChI=1S/C76H87BN2S/c1-69(2,3)48-24-27-50(28-25-48)79-64-39-47(52-30-26-49(70(4,5)6)40-53(52)46-22-20-19-21-23-46)38-63-66(64)77(68-67(79)54-42-57-60(45-65(54)80-68)76(17,18)37-34-73(57,11)12)61-43-58-59(75(15,16)36-35-74(58,13)14)44-62(61)78(63)51-29-31-55-56(41-51)72(9,10)33-32-71(55,7)8/h19-31,38-45H,32-37H2,1-18H3/i19D,20D,21D,22D,23D. The van der Waals surface area contributed by atoms with Crippen molar-refractivity contribution in [3.63, 3.8) is 0 Å². The Hall–Kier alpha value is -5.84. The van der Waals surface area contributed by atoms with Crippen LogP contribution in [0.1, 0.15) is 215 Å². The molecule has 4 heteroatoms. The summed E-state index contributed by atoms with van der Waals surface area (Å²) in [7, 11) is 0. The number of anilines is 6. The molecule has 0 atom stereocenters. The third-order valence-corrected chi connectivity index (χ3v) is 21.9. The summed E-state index contributed by atoms with van der Waals surface area (Å²) in [5.41, 5.74) is 22.3. The van der Waals surface area contributed by atoms with Crippen LogP contribution in [-0.4, -0.2) is 6.71 Å². The molecule has 5 aliphatic rings. The van der Waals surface area contributed by atoms with E-state index in [1.807, 2.05) is 11.3 Å². The van der Waals surface area contributed by atoms with Crippen LogP contribution in [0.3, 0.4) is 0 Å². The molecule has 410 valence electrons. The van der Waals surface area contributed by atoms with Crippen molar-refractivity contribution in [3.05, 3.63) is 172 Å². The van der Waals surface area contributed by atoms with Crippen molar-refractivity contribution in [2.75, 3.05) is 9.80 Å². The van der Waals surface area contributed by atoms with Crippen LogP contribution in [0, 0.1) is 0 Å². The molecule has 3 heterocycles. The second-order valence-corrected chi connectivity index (χ2v) is 32.1. The Balaban J connectivity index is 1.23. The number of hydrogen-bond donors (Lipinski definition) is 0. The Morgan fingerprint density at radius 2 is 0.925 bits per heavy atom. The zero-order valence-corrected chi connectivity index (χ0v) is 52.2. The fourth-order valence-corrected chi connectivity index (χ4v) is 16.3. The monoisotopic (exact) mass is 1080 g/mol. The van der Waals surface area contributed by atoms with Crippen LogP contribution in [0.4, 0.5) is 34.1 Å². The summed E-state index contributed by atoms with van der Waals surface area (Å²) in [6.45, 7) is 42.6. The zero-order valence-electron chi connectivity index (χ0n) is 56.4. The zero-order chi connectivity index (χ0) is 61.2. The molecule has 80 heavy (non-hydrogen) atoms. The second kappa shape index (κ2) is 17.4. The molecule has 0 N–H and O–H groups in total. The average molecular weight is 1080 g/mol. The molecule has 0 radical (unpaired) electrons. The minimum atomic E-state index is -0.392. The maximum Gasteiger partial charge on any atom is 0.264 e. The Bertz CT molecular complexity index is 4150. The van der Waals surface area contributed by atoms with Crippen molar-refractivity contribution in [1.29, 1.82) is 0 Å². The molecule has 3 aliphatic carbocycles. The minimum absolute atomic E-state index is 0.0192. The van der Waals surface area contributed by atoms with E-state index in [0.717, 1.165) is 78.0 Å². The number of benzene rings is 7. The molecule has 7 aromatic carbocycles. The third kappa shape index (κ3) is 8.20. The van der Waals surface area contributed by atoms with Crippen LogP contribution in [0.25, 0.3) is 32.3 Å². The van der Waals surface area contributed by atoms with E-state index < -0.39 is 6.04 Å². The highest BCUT2D eigenvalue weighted by molar-refractivity contribution is 7.33. The van der Waals surface area contributed by atoms with Gasteiger partial charge in [0.25, 0.3) is 6.71 Å². The molecule has 0 saturated heterocycles. The number of nitrogens with zero attached hydrogens (tertiary/aromatic N) is 2. The largest absolute Gasteiger partial charge is 0.311 e. The topological polar surface area (TPSA) is 6.48 Å². The van der Waals surface area contributed by atoms with E-state index in [1.165, 1.54) is 76.1 Å². The number of fused-ring (bicyclic) bond motifs is 9. The first-order valence-electron chi connectivity index (χ1n) is 32.5. The van der Waals surface area contributed by atoms with Crippen LogP contribution in [-0.2, 0) is 43.3 Å². The van der Waals surface area contributed by atoms with Gasteiger partial charge in [-0.15, -0.1) is 11.3 Å². The summed E-state index contributed by atoms with van der Waals surface area (Å²) < 4.78 is 48.7. The van der Waals surface area contributed by atoms with E-state index in [4.69, 9.17) is 4.11 Å². The molecule has 0 bridgehead atoms. The van der Waals surface area contributed by atoms with Crippen molar-refractivity contribution < 1.29 is 6.85 Å². The Labute approximate surface area is 492 Å². The molecule has 0 fully saturated rings. The van der Waals surface area contributed by atoms with Gasteiger partial charge in [-0.25, -0.2) is 0 Å². The van der Waals surface area contributed by atoms with E-state index in [2.05, 4.69) is 231 Å². The molecule has 0 spiro atoms. The van der Waals surface area contributed by atoms with Gasteiger partial charge < -0.3 is 9.80 Å². The lowest BCUT2D eigenvalue weighted by Gasteiger charge is -2.47. The lowest BCUT2D eigenvalue weighted by molar-refractivity contribution is 0.332. The lowest BCUT2D eigenvalue weighted by Crippen LogP contribution is -2.61. The quantitative estimate of drug-likeness (QED) is 0.162. The van der Waals surface area contributed by atoms with Crippen molar-refractivity contribution in [1.82, 2.24) is 0 Å². The molecule has 13 rings (SSSR count). The highest BCUT2D eigenvalue weighted by Crippen LogP contribution is 2.56. The van der Waals surface area contributed by atoms with E-state index in [1.54, 1.807) is 0 Å². The molecule has 0 saturated carbocycles. The van der Waals surface area contributed by atoms with Gasteiger partial charge in [-0.05, 0) is 214 Å². The van der Waals surface area contributed by atoms with Crippen molar-refractivity contribution in [3.8, 4) is 22.3 Å². The molecular formula is C76H87BN2S. The van der Waals surface area contributed by atoms with Crippen molar-refractivity contribution in [2.24, 2.45) is 0 Å². The number of hydrogen-bond acceptors (Lipinski definition) is 3. The van der Waals surface area contributed by atoms with Gasteiger partial charge in [0.05, 0.1) is 12.5 Å². The third-order valence-electron chi connectivity index (χ3n) is 20.7. The predicted octanol–water partition coefficient (Wildman–Crippen LogP) is 20.0. The first kappa shape index (κ1) is 47.8. The van der Waals surface area contributed by atoms with Gasteiger partial charge in [0.1, 0.15) is 0 Å². The van der Waals surface area contributed by atoms with E-state index in [9.17, 15) is 2.74 Å². The molecule has 0 amide bonds. The average Bonchev–Trinajstić information content (AvgIpc) is 1.93. The van der Waals surface area contributed by atoms with Gasteiger partial charge in [0.2, 0.25) is 0 Å². The first-order valence-corrected chi connectivity index (χ1v) is 30.8. The molecule has 1 aromatic heterocycles. The summed E-state index contributed by atoms with van der Waals surface area (Å²) in [4.78, 5) is 5.23. The molecular weight excluding hydrogens is 984 g/mol. The summed E-state index contributed by atoms with van der Waals surface area (Å²) >= 11 is 1.99. The lowest BCUT2D eigenvalue weighted by atomic mass is 9.35. The minimum Gasteiger partial charge on any atom is -0.311 e. The summed E-state index contributed by atoms with van der Waals surface area (Å²) in [5, 5.41) is 1.28. The van der Waals surface area contributed by atoms with Gasteiger partial charge in [-0.2, -0.15) is 0 Å². The molecule has 2 nitrogen and oxygen atoms in total. The summed E-state index contributed by atoms with van der Waals surface area (Å²) in [6, 6.07) is 37.0. The van der Waals surface area contributed by atoms with Gasteiger partial charge in [0, 0.05) is 43.3 Å². The Morgan fingerprint density at radius 3 is 1.50 bits per heavy atom.